The Labute approximate surface area is 205 Å². The monoisotopic (exact) mass is 488 g/mol. The number of alkyl halides is 2. The van der Waals surface area contributed by atoms with E-state index in [2.05, 4.69) is 50.1 Å². The van der Waals surface area contributed by atoms with Crippen LogP contribution in [0.4, 0.5) is 4.39 Å². The summed E-state index contributed by atoms with van der Waals surface area (Å²) < 4.78 is 25.6. The summed E-state index contributed by atoms with van der Waals surface area (Å²) in [5.74, 6) is 2.42. The first-order chi connectivity index (χ1) is 16.2. The second-order valence-corrected chi connectivity index (χ2v) is 9.54. The molecule has 1 heterocycles. The van der Waals surface area contributed by atoms with Gasteiger partial charge in [0, 0.05) is 17.2 Å². The number of hydrogen-bond acceptors (Lipinski definition) is 5. The highest BCUT2D eigenvalue weighted by Crippen LogP contribution is 2.34. The van der Waals surface area contributed by atoms with Gasteiger partial charge in [0.15, 0.2) is 0 Å². The Bertz CT molecular complexity index is 1060. The molecule has 0 saturated carbocycles. The number of halogens is 2. The van der Waals surface area contributed by atoms with Gasteiger partial charge in [-0.2, -0.15) is 0 Å². The molecule has 3 aromatic rings. The fourth-order valence-electron chi connectivity index (χ4n) is 3.56. The highest BCUT2D eigenvalue weighted by atomic mass is 35.5. The summed E-state index contributed by atoms with van der Waals surface area (Å²) in [5, 5.41) is 17.6. The van der Waals surface area contributed by atoms with E-state index < -0.39 is 12.8 Å². The topological polar surface area (TPSA) is 69.4 Å². The standard InChI is InChI=1S/C26H33ClFN3O3/c1-18(12-27)16-34-25-10-7-21(11-19(25)2)26(3,4)20-5-8-24(9-6-20)33-17-23(32)15-31-14-22(13-28)29-30-31/h5-11,14,18,23,32H,12-13,15-17H2,1-4H3/t18-,23-/m0/s1/i28-1. The molecule has 0 aliphatic heterocycles. The number of aromatic nitrogens is 3. The van der Waals surface area contributed by atoms with Crippen molar-refractivity contribution in [2.45, 2.75) is 52.4 Å². The summed E-state index contributed by atoms with van der Waals surface area (Å²) in [5.41, 5.74) is 3.45. The molecule has 0 spiro atoms. The van der Waals surface area contributed by atoms with Gasteiger partial charge in [-0.05, 0) is 41.8 Å². The molecule has 0 radical (unpaired) electrons. The van der Waals surface area contributed by atoms with Crippen LogP contribution in [0.25, 0.3) is 0 Å². The Morgan fingerprint density at radius 2 is 1.79 bits per heavy atom. The number of aliphatic hydroxyl groups is 1. The number of ether oxygens (including phenoxy) is 2. The lowest BCUT2D eigenvalue weighted by Gasteiger charge is -2.27. The van der Waals surface area contributed by atoms with E-state index >= 15 is 0 Å². The van der Waals surface area contributed by atoms with E-state index in [0.29, 0.717) is 24.2 Å². The van der Waals surface area contributed by atoms with Gasteiger partial charge in [0.1, 0.15) is 36.6 Å². The summed E-state index contributed by atoms with van der Waals surface area (Å²) in [6.07, 6.45) is 0.683. The highest BCUT2D eigenvalue weighted by Gasteiger charge is 2.24. The van der Waals surface area contributed by atoms with Crippen LogP contribution in [0.2, 0.25) is 0 Å². The molecule has 1 N–H and O–H groups in total. The maximum atomic E-state index is 12.6. The van der Waals surface area contributed by atoms with Crippen LogP contribution in [0.5, 0.6) is 11.5 Å². The maximum absolute atomic E-state index is 12.6. The largest absolute Gasteiger partial charge is 0.493 e. The van der Waals surface area contributed by atoms with Crippen molar-refractivity contribution in [2.24, 2.45) is 5.92 Å². The zero-order valence-electron chi connectivity index (χ0n) is 20.2. The highest BCUT2D eigenvalue weighted by molar-refractivity contribution is 6.18. The van der Waals surface area contributed by atoms with E-state index in [1.165, 1.54) is 16.4 Å². The minimum atomic E-state index is -0.790. The summed E-state index contributed by atoms with van der Waals surface area (Å²) in [6.45, 7) is 8.68. The number of benzene rings is 2. The smallest absolute Gasteiger partial charge is 0.135 e. The second-order valence-electron chi connectivity index (χ2n) is 9.23. The third-order valence-corrected chi connectivity index (χ3v) is 6.35. The summed E-state index contributed by atoms with van der Waals surface area (Å²) in [7, 11) is 0. The molecule has 0 saturated heterocycles. The Morgan fingerprint density at radius 1 is 1.09 bits per heavy atom. The predicted octanol–water partition coefficient (Wildman–Crippen LogP) is 5.08. The van der Waals surface area contributed by atoms with Crippen molar-refractivity contribution in [1.82, 2.24) is 15.0 Å². The molecule has 0 amide bonds. The zero-order chi connectivity index (χ0) is 24.7. The first-order valence-electron chi connectivity index (χ1n) is 11.4. The van der Waals surface area contributed by atoms with E-state index in [4.69, 9.17) is 21.1 Å². The molecule has 0 aliphatic carbocycles. The van der Waals surface area contributed by atoms with Crippen molar-refractivity contribution in [3.63, 3.8) is 0 Å². The number of rotatable bonds is 12. The van der Waals surface area contributed by atoms with Gasteiger partial charge in [0.05, 0.1) is 19.3 Å². The number of nitrogens with zero attached hydrogens (tertiary/aromatic N) is 3. The maximum Gasteiger partial charge on any atom is 0.135 e. The first kappa shape index (κ1) is 26.0. The van der Waals surface area contributed by atoms with Gasteiger partial charge in [0.2, 0.25) is 0 Å². The molecule has 6 nitrogen and oxygen atoms in total. The Morgan fingerprint density at radius 3 is 2.41 bits per heavy atom. The molecule has 0 bridgehead atoms. The molecule has 0 unspecified atom stereocenters. The van der Waals surface area contributed by atoms with Crippen molar-refractivity contribution >= 4 is 11.6 Å². The fraction of sp³-hybridized carbons (Fsp3) is 0.462. The molecular weight excluding hydrogens is 456 g/mol. The van der Waals surface area contributed by atoms with Crippen LogP contribution in [-0.2, 0) is 18.6 Å². The quantitative estimate of drug-likeness (QED) is 0.360. The van der Waals surface area contributed by atoms with Crippen LogP contribution >= 0.6 is 11.6 Å². The summed E-state index contributed by atoms with van der Waals surface area (Å²) in [4.78, 5) is 0. The van der Waals surface area contributed by atoms with Crippen molar-refractivity contribution in [3.05, 3.63) is 71.0 Å². The van der Waals surface area contributed by atoms with Gasteiger partial charge < -0.3 is 14.6 Å². The first-order valence-corrected chi connectivity index (χ1v) is 11.9. The average Bonchev–Trinajstić information content (AvgIpc) is 3.29. The van der Waals surface area contributed by atoms with Gasteiger partial charge in [-0.3, -0.25) is 0 Å². The second kappa shape index (κ2) is 11.7. The van der Waals surface area contributed by atoms with Gasteiger partial charge in [-0.15, -0.1) is 16.7 Å². The lowest BCUT2D eigenvalue weighted by atomic mass is 9.77. The van der Waals surface area contributed by atoms with Crippen LogP contribution in [0.3, 0.4) is 0 Å². The van der Waals surface area contributed by atoms with Crippen molar-refractivity contribution in [1.29, 1.82) is 0 Å². The van der Waals surface area contributed by atoms with Crippen molar-refractivity contribution in [3.8, 4) is 11.5 Å². The van der Waals surface area contributed by atoms with Crippen molar-refractivity contribution in [2.75, 3.05) is 19.1 Å². The number of hydrogen-bond donors (Lipinski definition) is 1. The Balaban J connectivity index is 1.59. The average molecular weight is 489 g/mol. The SMILES string of the molecule is Cc1cc(C(C)(C)c2ccc(OC[C@@H](O)Cn3cc(C[18F])nn3)cc2)ccc1OC[C@@H](C)CCl. The normalized spacial score (nSPS) is 13.5. The third-order valence-electron chi connectivity index (χ3n) is 5.82. The van der Waals surface area contributed by atoms with E-state index in [0.717, 1.165) is 16.9 Å². The van der Waals surface area contributed by atoms with Crippen LogP contribution < -0.4 is 9.47 Å². The molecule has 2 aromatic carbocycles. The molecule has 0 fully saturated rings. The third kappa shape index (κ3) is 6.70. The number of aliphatic hydroxyl groups excluding tert-OH is 1. The van der Waals surface area contributed by atoms with Gasteiger partial charge in [-0.25, -0.2) is 9.07 Å². The van der Waals surface area contributed by atoms with Crippen LogP contribution in [-0.4, -0.2) is 45.3 Å². The summed E-state index contributed by atoms with van der Waals surface area (Å²) in [6, 6.07) is 14.2. The van der Waals surface area contributed by atoms with Crippen molar-refractivity contribution < 1.29 is 19.0 Å². The number of aryl methyl sites for hydroxylation is 1. The molecule has 3 rings (SSSR count). The van der Waals surface area contributed by atoms with Gasteiger partial charge in [-0.1, -0.05) is 50.3 Å². The molecule has 2 atom stereocenters. The fourth-order valence-corrected chi connectivity index (χ4v) is 3.65. The van der Waals surface area contributed by atoms with E-state index in [1.807, 2.05) is 30.3 Å². The molecule has 8 heteroatoms. The Kier molecular flexibility index (Phi) is 8.91. The minimum Gasteiger partial charge on any atom is -0.493 e. The van der Waals surface area contributed by atoms with Crippen LogP contribution in [0.15, 0.2) is 48.7 Å². The van der Waals surface area contributed by atoms with E-state index in [9.17, 15) is 9.50 Å². The molecule has 0 aliphatic rings. The predicted molar refractivity (Wildman–Crippen MR) is 131 cm³/mol. The van der Waals surface area contributed by atoms with Gasteiger partial charge >= 0.3 is 0 Å². The lowest BCUT2D eigenvalue weighted by Crippen LogP contribution is -2.24. The summed E-state index contributed by atoms with van der Waals surface area (Å²) >= 11 is 5.88. The lowest BCUT2D eigenvalue weighted by molar-refractivity contribution is 0.0888. The minimum absolute atomic E-state index is 0.0938. The molecule has 34 heavy (non-hydrogen) atoms. The Hall–Kier alpha value is -2.64. The zero-order valence-corrected chi connectivity index (χ0v) is 20.9. The van der Waals surface area contributed by atoms with E-state index in [1.54, 1.807) is 0 Å². The van der Waals surface area contributed by atoms with Crippen LogP contribution in [0, 0.1) is 12.8 Å². The molecule has 1 aromatic heterocycles. The van der Waals surface area contributed by atoms with Gasteiger partial charge in [0.25, 0.3) is 0 Å². The molecule has 184 valence electrons. The van der Waals surface area contributed by atoms with Crippen LogP contribution in [0.1, 0.15) is 43.2 Å². The van der Waals surface area contributed by atoms with E-state index in [-0.39, 0.29) is 24.3 Å². The molecular formula is C26H33ClFN3O3.